The van der Waals surface area contributed by atoms with Crippen LogP contribution in [0, 0.1) is 6.57 Å². The van der Waals surface area contributed by atoms with Crippen LogP contribution >= 0.6 is 0 Å². The Morgan fingerprint density at radius 3 is 2.62 bits per heavy atom. The second-order valence-corrected chi connectivity index (χ2v) is 3.66. The molecule has 0 fully saturated rings. The quantitative estimate of drug-likeness (QED) is 0.754. The molecule has 0 saturated carbocycles. The Bertz CT molecular complexity index is 376. The highest BCUT2D eigenvalue weighted by molar-refractivity contribution is 5.93. The van der Waals surface area contributed by atoms with E-state index in [4.69, 9.17) is 6.57 Å². The molecule has 1 rings (SSSR count). The van der Waals surface area contributed by atoms with Crippen molar-refractivity contribution in [3.63, 3.8) is 0 Å². The molecule has 0 bridgehead atoms. The molecule has 84 valence electrons. The van der Waals surface area contributed by atoms with Crippen molar-refractivity contribution in [3.05, 3.63) is 41.2 Å². The Morgan fingerprint density at radius 2 is 2.06 bits per heavy atom. The zero-order valence-corrected chi connectivity index (χ0v) is 9.49. The second kappa shape index (κ2) is 6.62. The van der Waals surface area contributed by atoms with Crippen molar-refractivity contribution in [3.8, 4) is 0 Å². The maximum atomic E-state index is 11.1. The van der Waals surface area contributed by atoms with Crippen molar-refractivity contribution >= 4 is 11.6 Å². The highest BCUT2D eigenvalue weighted by Gasteiger charge is 2.03. The van der Waals surface area contributed by atoms with Gasteiger partial charge in [-0.2, -0.15) is 0 Å². The molecule has 0 saturated heterocycles. The molecule has 1 amide bonds. The average Bonchev–Trinajstić information content (AvgIpc) is 2.28. The van der Waals surface area contributed by atoms with Crippen molar-refractivity contribution in [1.29, 1.82) is 0 Å². The predicted molar refractivity (Wildman–Crippen MR) is 65.2 cm³/mol. The summed E-state index contributed by atoms with van der Waals surface area (Å²) in [4.78, 5) is 14.2. The molecule has 0 aliphatic rings. The lowest BCUT2D eigenvalue weighted by Crippen LogP contribution is -2.13. The van der Waals surface area contributed by atoms with Crippen LogP contribution < -0.4 is 5.32 Å². The van der Waals surface area contributed by atoms with Gasteiger partial charge in [-0.3, -0.25) is 4.79 Å². The minimum Gasteiger partial charge on any atom is -0.320 e. The molecule has 0 heterocycles. The fourth-order valence-corrected chi connectivity index (χ4v) is 1.41. The van der Waals surface area contributed by atoms with Gasteiger partial charge in [0.1, 0.15) is 0 Å². The summed E-state index contributed by atoms with van der Waals surface area (Å²) in [7, 11) is 0. The van der Waals surface area contributed by atoms with Gasteiger partial charge in [0.15, 0.2) is 0 Å². The summed E-state index contributed by atoms with van der Waals surface area (Å²) in [5.41, 5.74) is 2.04. The smallest absolute Gasteiger partial charge is 0.304 e. The normalized spacial score (nSPS) is 9.50. The monoisotopic (exact) mass is 216 g/mol. The lowest BCUT2D eigenvalue weighted by atomic mass is 10.1. The van der Waals surface area contributed by atoms with E-state index in [0.29, 0.717) is 0 Å². The number of unbranched alkanes of at least 4 members (excludes halogenated alkanes) is 1. The lowest BCUT2D eigenvalue weighted by Gasteiger charge is -2.03. The summed E-state index contributed by atoms with van der Waals surface area (Å²) in [5.74, 6) is -0.253. The van der Waals surface area contributed by atoms with Gasteiger partial charge in [-0.1, -0.05) is 25.5 Å². The van der Waals surface area contributed by atoms with E-state index in [1.807, 2.05) is 24.3 Å². The molecule has 1 aromatic carbocycles. The van der Waals surface area contributed by atoms with Gasteiger partial charge < -0.3 is 10.2 Å². The van der Waals surface area contributed by atoms with Crippen LogP contribution in [0.4, 0.5) is 5.69 Å². The van der Waals surface area contributed by atoms with Crippen LogP contribution in [-0.2, 0) is 11.2 Å². The summed E-state index contributed by atoms with van der Waals surface area (Å²) >= 11 is 0. The van der Waals surface area contributed by atoms with E-state index < -0.39 is 0 Å². The molecule has 0 aliphatic heterocycles. The van der Waals surface area contributed by atoms with E-state index >= 15 is 0 Å². The van der Waals surface area contributed by atoms with E-state index in [-0.39, 0.29) is 12.5 Å². The SMILES string of the molecule is [C-]#[N+]CC(=O)Nc1ccc(CCCC)cc1. The number of nitrogens with zero attached hydrogens (tertiary/aromatic N) is 1. The topological polar surface area (TPSA) is 33.5 Å². The molecule has 1 N–H and O–H groups in total. The minimum atomic E-state index is -0.253. The molecule has 3 nitrogen and oxygen atoms in total. The molecule has 0 aliphatic carbocycles. The van der Waals surface area contributed by atoms with Crippen LogP contribution in [0.5, 0.6) is 0 Å². The fraction of sp³-hybridized carbons (Fsp3) is 0.385. The van der Waals surface area contributed by atoms with Crippen LogP contribution in [0.25, 0.3) is 4.85 Å². The zero-order valence-electron chi connectivity index (χ0n) is 9.49. The van der Waals surface area contributed by atoms with Crippen molar-refractivity contribution in [2.24, 2.45) is 0 Å². The second-order valence-electron chi connectivity index (χ2n) is 3.66. The minimum absolute atomic E-state index is 0.114. The summed E-state index contributed by atoms with van der Waals surface area (Å²) in [5, 5.41) is 2.67. The first-order chi connectivity index (χ1) is 7.76. The summed E-state index contributed by atoms with van der Waals surface area (Å²) < 4.78 is 0. The predicted octanol–water partition coefficient (Wildman–Crippen LogP) is 2.89. The van der Waals surface area contributed by atoms with Crippen molar-refractivity contribution in [2.45, 2.75) is 26.2 Å². The van der Waals surface area contributed by atoms with Crippen molar-refractivity contribution in [2.75, 3.05) is 11.9 Å². The maximum Gasteiger partial charge on any atom is 0.304 e. The van der Waals surface area contributed by atoms with Gasteiger partial charge in [0.05, 0.1) is 0 Å². The first-order valence-corrected chi connectivity index (χ1v) is 5.48. The Hall–Kier alpha value is -1.82. The number of amides is 1. The lowest BCUT2D eigenvalue weighted by molar-refractivity contribution is -0.114. The van der Waals surface area contributed by atoms with Gasteiger partial charge in [0.2, 0.25) is 0 Å². The van der Waals surface area contributed by atoms with Gasteiger partial charge in [0, 0.05) is 5.69 Å². The first kappa shape index (κ1) is 12.3. The fourth-order valence-electron chi connectivity index (χ4n) is 1.41. The number of hydrogen-bond acceptors (Lipinski definition) is 1. The zero-order chi connectivity index (χ0) is 11.8. The Morgan fingerprint density at radius 1 is 1.38 bits per heavy atom. The number of hydrogen-bond donors (Lipinski definition) is 1. The number of rotatable bonds is 5. The van der Waals surface area contributed by atoms with E-state index in [2.05, 4.69) is 17.1 Å². The van der Waals surface area contributed by atoms with Crippen LogP contribution in [0.15, 0.2) is 24.3 Å². The Kier molecular flexibility index (Phi) is 5.07. The third kappa shape index (κ3) is 4.14. The number of carbonyl (C=O) groups is 1. The third-order valence-corrected chi connectivity index (χ3v) is 2.28. The molecule has 0 spiro atoms. The van der Waals surface area contributed by atoms with Crippen LogP contribution in [0.2, 0.25) is 0 Å². The summed E-state index contributed by atoms with van der Waals surface area (Å²) in [6.45, 7) is 8.63. The molecule has 0 unspecified atom stereocenters. The number of nitrogens with one attached hydrogen (secondary N) is 1. The molecule has 0 aromatic heterocycles. The highest BCUT2D eigenvalue weighted by Crippen LogP contribution is 2.11. The number of aryl methyl sites for hydroxylation is 1. The van der Waals surface area contributed by atoms with Gasteiger partial charge in [0.25, 0.3) is 6.54 Å². The molecule has 16 heavy (non-hydrogen) atoms. The molecule has 3 heteroatoms. The molecule has 0 atom stereocenters. The van der Waals surface area contributed by atoms with E-state index in [1.165, 1.54) is 18.4 Å². The van der Waals surface area contributed by atoms with Crippen LogP contribution in [0.3, 0.4) is 0 Å². The van der Waals surface area contributed by atoms with Crippen molar-refractivity contribution in [1.82, 2.24) is 0 Å². The summed E-state index contributed by atoms with van der Waals surface area (Å²) in [6.07, 6.45) is 3.44. The maximum absolute atomic E-state index is 11.1. The molecule has 1 aromatic rings. The van der Waals surface area contributed by atoms with Gasteiger partial charge in [-0.15, -0.1) is 0 Å². The van der Waals surface area contributed by atoms with E-state index in [9.17, 15) is 4.79 Å². The molecule has 0 radical (unpaired) electrons. The van der Waals surface area contributed by atoms with Crippen molar-refractivity contribution < 1.29 is 4.79 Å². The average molecular weight is 216 g/mol. The van der Waals surface area contributed by atoms with Gasteiger partial charge in [-0.25, -0.2) is 6.57 Å². The number of benzene rings is 1. The van der Waals surface area contributed by atoms with Gasteiger partial charge >= 0.3 is 5.91 Å². The largest absolute Gasteiger partial charge is 0.320 e. The standard InChI is InChI=1S/C13H16N2O/c1-3-4-5-11-6-8-12(9-7-11)15-13(16)10-14-2/h6-9H,3-5,10H2,1H3,(H,15,16). The number of anilines is 1. The Labute approximate surface area is 96.3 Å². The van der Waals surface area contributed by atoms with E-state index in [1.54, 1.807) is 0 Å². The summed E-state index contributed by atoms with van der Waals surface area (Å²) in [6, 6.07) is 7.80. The third-order valence-electron chi connectivity index (χ3n) is 2.28. The van der Waals surface area contributed by atoms with Crippen LogP contribution in [0.1, 0.15) is 25.3 Å². The molecular weight excluding hydrogens is 200 g/mol. The highest BCUT2D eigenvalue weighted by atomic mass is 16.1. The first-order valence-electron chi connectivity index (χ1n) is 5.48. The van der Waals surface area contributed by atoms with Gasteiger partial charge in [-0.05, 0) is 30.5 Å². The molecular formula is C13H16N2O. The number of carbonyl (C=O) groups excluding carboxylic acids is 1. The van der Waals surface area contributed by atoms with E-state index in [0.717, 1.165) is 12.1 Å². The Balaban J connectivity index is 2.51. The van der Waals surface area contributed by atoms with Crippen LogP contribution in [-0.4, -0.2) is 12.5 Å².